The summed E-state index contributed by atoms with van der Waals surface area (Å²) >= 11 is 0. The number of ether oxygens (including phenoxy) is 1. The molecule has 0 aromatic carbocycles. The molecule has 0 aliphatic heterocycles. The van der Waals surface area contributed by atoms with Crippen molar-refractivity contribution in [1.29, 1.82) is 0 Å². The molecule has 20 heavy (non-hydrogen) atoms. The van der Waals surface area contributed by atoms with Gasteiger partial charge in [0.05, 0.1) is 12.2 Å². The lowest BCUT2D eigenvalue weighted by atomic mass is 10.2. The van der Waals surface area contributed by atoms with Gasteiger partial charge in [-0.25, -0.2) is 0 Å². The van der Waals surface area contributed by atoms with E-state index in [1.807, 2.05) is 16.7 Å². The van der Waals surface area contributed by atoms with E-state index in [0.717, 1.165) is 30.8 Å². The molecule has 4 rings (SSSR count). The number of furan rings is 1. The summed E-state index contributed by atoms with van der Waals surface area (Å²) < 4.78 is 12.7. The van der Waals surface area contributed by atoms with Crippen molar-refractivity contribution in [3.05, 3.63) is 36.3 Å². The Hall–Kier alpha value is -2.11. The molecule has 2 atom stereocenters. The third kappa shape index (κ3) is 2.11. The monoisotopic (exact) mass is 273 g/mol. The van der Waals surface area contributed by atoms with E-state index in [1.165, 1.54) is 0 Å². The molecule has 0 unspecified atom stereocenters. The predicted octanol–water partition coefficient (Wildman–Crippen LogP) is 2.05. The quantitative estimate of drug-likeness (QED) is 0.780. The minimum absolute atomic E-state index is 0.0709. The summed E-state index contributed by atoms with van der Waals surface area (Å²) in [6.07, 6.45) is 6.46. The molecule has 2 aromatic rings. The van der Waals surface area contributed by atoms with E-state index in [2.05, 4.69) is 10.2 Å². The molecule has 2 fully saturated rings. The first-order valence-electron chi connectivity index (χ1n) is 6.91. The van der Waals surface area contributed by atoms with Crippen molar-refractivity contribution in [2.45, 2.75) is 37.8 Å². The lowest BCUT2D eigenvalue weighted by Gasteiger charge is -2.05. The van der Waals surface area contributed by atoms with Crippen LogP contribution in [0.4, 0.5) is 0 Å². The van der Waals surface area contributed by atoms with E-state index in [1.54, 1.807) is 12.6 Å². The number of nitrogens with zero attached hydrogens (tertiary/aromatic N) is 3. The second-order valence-corrected chi connectivity index (χ2v) is 5.46. The second-order valence-electron chi connectivity index (χ2n) is 5.46. The highest BCUT2D eigenvalue weighted by molar-refractivity contribution is 5.77. The number of carbonyl (C=O) groups is 1. The van der Waals surface area contributed by atoms with Crippen molar-refractivity contribution in [2.24, 2.45) is 5.92 Å². The normalized spacial score (nSPS) is 24.6. The predicted molar refractivity (Wildman–Crippen MR) is 67.6 cm³/mol. The Balaban J connectivity index is 1.34. The largest absolute Gasteiger partial charge is 0.469 e. The number of rotatable bonds is 5. The van der Waals surface area contributed by atoms with Gasteiger partial charge in [0.1, 0.15) is 12.1 Å². The topological polar surface area (TPSA) is 70.2 Å². The van der Waals surface area contributed by atoms with Crippen LogP contribution in [0.3, 0.4) is 0 Å². The van der Waals surface area contributed by atoms with E-state index in [4.69, 9.17) is 9.15 Å². The Bertz CT molecular complexity index is 615. The van der Waals surface area contributed by atoms with Gasteiger partial charge in [0.25, 0.3) is 0 Å². The lowest BCUT2D eigenvalue weighted by molar-refractivity contribution is -0.147. The highest BCUT2D eigenvalue weighted by atomic mass is 16.5. The molecule has 0 spiro atoms. The average Bonchev–Trinajstić information content (AvgIpc) is 3.36. The molecule has 0 N–H and O–H groups in total. The van der Waals surface area contributed by atoms with Crippen LogP contribution in [0.5, 0.6) is 0 Å². The van der Waals surface area contributed by atoms with Crippen LogP contribution in [0.15, 0.2) is 29.1 Å². The lowest BCUT2D eigenvalue weighted by Crippen LogP contribution is -2.11. The van der Waals surface area contributed by atoms with Gasteiger partial charge in [0, 0.05) is 12.0 Å². The standard InChI is InChI=1S/C14H15N3O3/c18-14(11-6-10(11)12-2-1-5-19-12)20-7-13-16-15-8-17(13)9-3-4-9/h1-2,5,8-11H,3-4,6-7H2/t10-,11-/m0/s1. The van der Waals surface area contributed by atoms with Crippen LogP contribution in [0.2, 0.25) is 0 Å². The van der Waals surface area contributed by atoms with Crippen molar-refractivity contribution in [1.82, 2.24) is 14.8 Å². The molecule has 0 radical (unpaired) electrons. The first-order valence-corrected chi connectivity index (χ1v) is 6.91. The number of esters is 1. The maximum absolute atomic E-state index is 12.0. The summed E-state index contributed by atoms with van der Waals surface area (Å²) in [6.45, 7) is 0.205. The van der Waals surface area contributed by atoms with Crippen molar-refractivity contribution < 1.29 is 13.9 Å². The summed E-state index contributed by atoms with van der Waals surface area (Å²) in [7, 11) is 0. The molecule has 2 aliphatic carbocycles. The minimum atomic E-state index is -0.170. The van der Waals surface area contributed by atoms with E-state index >= 15 is 0 Å². The molecule has 2 aromatic heterocycles. The van der Waals surface area contributed by atoms with Crippen LogP contribution in [0, 0.1) is 5.92 Å². The Kier molecular flexibility index (Phi) is 2.61. The number of hydrogen-bond donors (Lipinski definition) is 0. The zero-order valence-corrected chi connectivity index (χ0v) is 10.9. The van der Waals surface area contributed by atoms with Crippen LogP contribution in [0.25, 0.3) is 0 Å². The summed E-state index contributed by atoms with van der Waals surface area (Å²) in [5.41, 5.74) is 0. The fraction of sp³-hybridized carbons (Fsp3) is 0.500. The first-order chi connectivity index (χ1) is 9.83. The Morgan fingerprint density at radius 1 is 1.50 bits per heavy atom. The molecule has 2 heterocycles. The van der Waals surface area contributed by atoms with Gasteiger partial charge >= 0.3 is 5.97 Å². The third-order valence-corrected chi connectivity index (χ3v) is 3.93. The number of carbonyl (C=O) groups excluding carboxylic acids is 1. The van der Waals surface area contributed by atoms with Crippen molar-refractivity contribution in [2.75, 3.05) is 0 Å². The maximum Gasteiger partial charge on any atom is 0.310 e. The smallest absolute Gasteiger partial charge is 0.310 e. The Labute approximate surface area is 115 Å². The average molecular weight is 273 g/mol. The van der Waals surface area contributed by atoms with Crippen LogP contribution in [-0.2, 0) is 16.1 Å². The summed E-state index contributed by atoms with van der Waals surface area (Å²) in [5.74, 6) is 1.54. The molecule has 0 amide bonds. The molecule has 2 saturated carbocycles. The molecular weight excluding hydrogens is 258 g/mol. The van der Waals surface area contributed by atoms with Crippen LogP contribution < -0.4 is 0 Å². The zero-order chi connectivity index (χ0) is 13.5. The van der Waals surface area contributed by atoms with Gasteiger partial charge in [0.15, 0.2) is 12.4 Å². The first kappa shape index (κ1) is 11.7. The number of aromatic nitrogens is 3. The summed E-state index contributed by atoms with van der Waals surface area (Å²) in [6, 6.07) is 4.24. The molecule has 0 saturated heterocycles. The van der Waals surface area contributed by atoms with Crippen LogP contribution >= 0.6 is 0 Å². The van der Waals surface area contributed by atoms with Gasteiger partial charge in [0.2, 0.25) is 0 Å². The van der Waals surface area contributed by atoms with Crippen molar-refractivity contribution in [3.63, 3.8) is 0 Å². The van der Waals surface area contributed by atoms with Gasteiger partial charge < -0.3 is 13.7 Å². The van der Waals surface area contributed by atoms with Gasteiger partial charge in [-0.15, -0.1) is 10.2 Å². The molecular formula is C14H15N3O3. The van der Waals surface area contributed by atoms with Crippen LogP contribution in [0.1, 0.15) is 42.8 Å². The number of hydrogen-bond acceptors (Lipinski definition) is 5. The SMILES string of the molecule is O=C(OCc1nncn1C1CC1)[C@H]1C[C@@H]1c1ccco1. The second kappa shape index (κ2) is 4.47. The maximum atomic E-state index is 12.0. The fourth-order valence-corrected chi connectivity index (χ4v) is 2.54. The Morgan fingerprint density at radius 3 is 3.15 bits per heavy atom. The minimum Gasteiger partial charge on any atom is -0.469 e. The van der Waals surface area contributed by atoms with E-state index < -0.39 is 0 Å². The fourth-order valence-electron chi connectivity index (χ4n) is 2.54. The van der Waals surface area contributed by atoms with Crippen molar-refractivity contribution in [3.8, 4) is 0 Å². The van der Waals surface area contributed by atoms with E-state index in [9.17, 15) is 4.79 Å². The zero-order valence-electron chi connectivity index (χ0n) is 10.9. The highest BCUT2D eigenvalue weighted by Gasteiger charge is 2.47. The van der Waals surface area contributed by atoms with Crippen LogP contribution in [-0.4, -0.2) is 20.7 Å². The van der Waals surface area contributed by atoms with E-state index in [-0.39, 0.29) is 24.4 Å². The van der Waals surface area contributed by atoms with Gasteiger partial charge in [-0.05, 0) is 31.4 Å². The van der Waals surface area contributed by atoms with Gasteiger partial charge in [-0.2, -0.15) is 0 Å². The van der Waals surface area contributed by atoms with Gasteiger partial charge in [-0.3, -0.25) is 4.79 Å². The molecule has 0 bridgehead atoms. The molecule has 2 aliphatic rings. The van der Waals surface area contributed by atoms with E-state index in [0.29, 0.717) is 6.04 Å². The summed E-state index contributed by atoms with van der Waals surface area (Å²) in [5, 5.41) is 7.90. The molecule has 104 valence electrons. The third-order valence-electron chi connectivity index (χ3n) is 3.93. The molecule has 6 heteroatoms. The highest BCUT2D eigenvalue weighted by Crippen LogP contribution is 2.48. The van der Waals surface area contributed by atoms with Crippen molar-refractivity contribution >= 4 is 5.97 Å². The Morgan fingerprint density at radius 2 is 2.40 bits per heavy atom. The van der Waals surface area contributed by atoms with Gasteiger partial charge in [-0.1, -0.05) is 0 Å². The molecule has 6 nitrogen and oxygen atoms in total. The summed E-state index contributed by atoms with van der Waals surface area (Å²) in [4.78, 5) is 12.0.